The van der Waals surface area contributed by atoms with E-state index in [0.29, 0.717) is 24.4 Å². The summed E-state index contributed by atoms with van der Waals surface area (Å²) < 4.78 is 73.7. The van der Waals surface area contributed by atoms with Crippen LogP contribution in [0.25, 0.3) is 0 Å². The summed E-state index contributed by atoms with van der Waals surface area (Å²) in [6, 6.07) is 11.4. The van der Waals surface area contributed by atoms with Gasteiger partial charge in [0.1, 0.15) is 0 Å². The zero-order valence-corrected chi connectivity index (χ0v) is 23.6. The summed E-state index contributed by atoms with van der Waals surface area (Å²) in [6.45, 7) is 6.95. The lowest BCUT2D eigenvalue weighted by molar-refractivity contribution is -0.137. The largest absolute Gasteiger partial charge is 0.416 e. The molecule has 2 aromatic carbocycles. The van der Waals surface area contributed by atoms with Crippen molar-refractivity contribution in [1.82, 2.24) is 14.5 Å². The van der Waals surface area contributed by atoms with Crippen molar-refractivity contribution in [2.45, 2.75) is 69.9 Å². The number of sulfone groups is 1. The molecule has 1 fully saturated rings. The lowest BCUT2D eigenvalue weighted by atomic mass is 10.1. The van der Waals surface area contributed by atoms with E-state index >= 15 is 0 Å². The molecule has 2 heterocycles. The third kappa shape index (κ3) is 7.11. The number of ether oxygens (including phenoxy) is 1. The Kier molecular flexibility index (Phi) is 9.04. The molecule has 0 unspecified atom stereocenters. The smallest absolute Gasteiger partial charge is 0.376 e. The van der Waals surface area contributed by atoms with Gasteiger partial charge in [-0.3, -0.25) is 4.79 Å². The molecule has 7 nitrogen and oxygen atoms in total. The van der Waals surface area contributed by atoms with Crippen LogP contribution < -0.4 is 0 Å². The number of aryl methyl sites for hydroxylation is 1. The van der Waals surface area contributed by atoms with Crippen molar-refractivity contribution in [3.8, 4) is 0 Å². The minimum absolute atomic E-state index is 0.0271. The minimum Gasteiger partial charge on any atom is -0.376 e. The van der Waals surface area contributed by atoms with Crippen molar-refractivity contribution in [3.63, 3.8) is 0 Å². The van der Waals surface area contributed by atoms with Crippen LogP contribution in [0.15, 0.2) is 59.9 Å². The molecular formula is C29H34F3N3O4S. The van der Waals surface area contributed by atoms with E-state index < -0.39 is 27.5 Å². The van der Waals surface area contributed by atoms with E-state index in [-0.39, 0.29) is 41.6 Å². The van der Waals surface area contributed by atoms with E-state index in [2.05, 4.69) is 4.98 Å². The number of hydrogen-bond donors (Lipinski definition) is 0. The van der Waals surface area contributed by atoms with Crippen molar-refractivity contribution in [2.24, 2.45) is 5.92 Å². The molecule has 0 aliphatic carbocycles. The summed E-state index contributed by atoms with van der Waals surface area (Å²) in [4.78, 5) is 19.4. The van der Waals surface area contributed by atoms with Crippen LogP contribution in [-0.2, 0) is 39.6 Å². The van der Waals surface area contributed by atoms with Crippen molar-refractivity contribution in [3.05, 3.63) is 82.7 Å². The normalized spacial score (nSPS) is 16.0. The van der Waals surface area contributed by atoms with Crippen molar-refractivity contribution in [1.29, 1.82) is 0 Å². The van der Waals surface area contributed by atoms with E-state index in [0.717, 1.165) is 42.7 Å². The van der Waals surface area contributed by atoms with E-state index in [1.54, 1.807) is 16.7 Å². The van der Waals surface area contributed by atoms with Gasteiger partial charge in [-0.15, -0.1) is 0 Å². The molecule has 1 saturated heterocycles. The summed E-state index contributed by atoms with van der Waals surface area (Å²) in [6.07, 6.45) is -1.67. The zero-order chi connectivity index (χ0) is 29.1. The molecule has 1 aromatic heterocycles. The van der Waals surface area contributed by atoms with Gasteiger partial charge in [0.15, 0.2) is 0 Å². The molecule has 1 aliphatic heterocycles. The molecule has 11 heteroatoms. The number of nitrogens with zero attached hydrogens (tertiary/aromatic N) is 3. The van der Waals surface area contributed by atoms with Crippen LogP contribution in [0.1, 0.15) is 59.4 Å². The Morgan fingerprint density at radius 3 is 2.45 bits per heavy atom. The predicted molar refractivity (Wildman–Crippen MR) is 144 cm³/mol. The first-order chi connectivity index (χ1) is 18.8. The number of imidazole rings is 1. The maximum atomic E-state index is 13.6. The SMILES string of the molecule is Cc1ccccc1CS(=O)(=O)c1ncc(CN(C[C@@H]2CCCO2)C(=O)c2ccc(C(F)(F)F)cc2)n1CC(C)C. The second-order valence-electron chi connectivity index (χ2n) is 10.6. The first-order valence-corrected chi connectivity index (χ1v) is 14.9. The van der Waals surface area contributed by atoms with Gasteiger partial charge < -0.3 is 14.2 Å². The summed E-state index contributed by atoms with van der Waals surface area (Å²) in [5.41, 5.74) is 1.33. The highest BCUT2D eigenvalue weighted by molar-refractivity contribution is 7.90. The maximum absolute atomic E-state index is 13.6. The number of carbonyl (C=O) groups is 1. The summed E-state index contributed by atoms with van der Waals surface area (Å²) in [7, 11) is -3.82. The fourth-order valence-corrected chi connectivity index (χ4v) is 6.40. The van der Waals surface area contributed by atoms with Crippen LogP contribution in [0.2, 0.25) is 0 Å². The van der Waals surface area contributed by atoms with E-state index in [4.69, 9.17) is 4.74 Å². The molecule has 1 amide bonds. The number of rotatable bonds is 10. The lowest BCUT2D eigenvalue weighted by Gasteiger charge is -2.26. The third-order valence-electron chi connectivity index (χ3n) is 6.88. The quantitative estimate of drug-likeness (QED) is 0.311. The second kappa shape index (κ2) is 12.1. The van der Waals surface area contributed by atoms with Crippen LogP contribution in [0.5, 0.6) is 0 Å². The van der Waals surface area contributed by atoms with Gasteiger partial charge in [-0.25, -0.2) is 13.4 Å². The van der Waals surface area contributed by atoms with Crippen molar-refractivity contribution in [2.75, 3.05) is 13.2 Å². The maximum Gasteiger partial charge on any atom is 0.416 e. The Hall–Kier alpha value is -3.18. The third-order valence-corrected chi connectivity index (χ3v) is 8.45. The number of carbonyl (C=O) groups excluding carboxylic acids is 1. The molecule has 0 N–H and O–H groups in total. The number of halogens is 3. The molecule has 40 heavy (non-hydrogen) atoms. The van der Waals surface area contributed by atoms with Crippen molar-refractivity contribution < 1.29 is 31.1 Å². The predicted octanol–water partition coefficient (Wildman–Crippen LogP) is 5.66. The highest BCUT2D eigenvalue weighted by atomic mass is 32.2. The molecule has 0 spiro atoms. The number of amides is 1. The Balaban J connectivity index is 1.67. The van der Waals surface area contributed by atoms with Crippen LogP contribution in [0, 0.1) is 12.8 Å². The molecule has 3 aromatic rings. The first-order valence-electron chi connectivity index (χ1n) is 13.2. The Morgan fingerprint density at radius 1 is 1.15 bits per heavy atom. The lowest BCUT2D eigenvalue weighted by Crippen LogP contribution is -2.37. The monoisotopic (exact) mass is 577 g/mol. The van der Waals surface area contributed by atoms with Crippen LogP contribution in [0.3, 0.4) is 0 Å². The zero-order valence-electron chi connectivity index (χ0n) is 22.8. The fourth-order valence-electron chi connectivity index (χ4n) is 4.80. The number of aromatic nitrogens is 2. The summed E-state index contributed by atoms with van der Waals surface area (Å²) in [5, 5.41) is -0.0708. The second-order valence-corrected chi connectivity index (χ2v) is 12.5. The standard InChI is InChI=1S/C29H34F3N3O4S/c1-20(2)16-35-25(15-33-28(35)40(37,38)19-23-8-5-4-7-21(23)3)17-34(18-26-9-6-14-39-26)27(36)22-10-12-24(13-11-22)29(30,31)32/h4-5,7-8,10-13,15,20,26H,6,9,14,16-19H2,1-3H3/t26-/m0/s1. The van der Waals surface area contributed by atoms with Crippen molar-refractivity contribution >= 4 is 15.7 Å². The first kappa shape index (κ1) is 29.8. The molecule has 1 aliphatic rings. The Morgan fingerprint density at radius 2 is 1.85 bits per heavy atom. The molecule has 0 bridgehead atoms. The summed E-state index contributed by atoms with van der Waals surface area (Å²) in [5.74, 6) is -0.596. The molecule has 0 radical (unpaired) electrons. The Labute approximate surface area is 232 Å². The van der Waals surface area contributed by atoms with Gasteiger partial charge in [0.25, 0.3) is 5.91 Å². The van der Waals surface area contributed by atoms with Gasteiger partial charge in [0.05, 0.1) is 35.9 Å². The molecule has 0 saturated carbocycles. The highest BCUT2D eigenvalue weighted by Crippen LogP contribution is 2.30. The number of alkyl halides is 3. The van der Waals surface area contributed by atoms with Gasteiger partial charge in [-0.05, 0) is 61.1 Å². The van der Waals surface area contributed by atoms with E-state index in [1.165, 1.54) is 11.1 Å². The average Bonchev–Trinajstić information content (AvgIpc) is 3.54. The molecular weight excluding hydrogens is 543 g/mol. The van der Waals surface area contributed by atoms with Gasteiger partial charge in [-0.2, -0.15) is 13.2 Å². The average molecular weight is 578 g/mol. The highest BCUT2D eigenvalue weighted by Gasteiger charge is 2.32. The molecule has 1 atom stereocenters. The van der Waals surface area contributed by atoms with E-state index in [1.807, 2.05) is 32.9 Å². The van der Waals surface area contributed by atoms with Gasteiger partial charge in [-0.1, -0.05) is 38.1 Å². The van der Waals surface area contributed by atoms with Crippen LogP contribution >= 0.6 is 0 Å². The van der Waals surface area contributed by atoms with Crippen LogP contribution in [-0.4, -0.2) is 48.0 Å². The number of hydrogen-bond acceptors (Lipinski definition) is 5. The minimum atomic E-state index is -4.51. The van der Waals surface area contributed by atoms with Gasteiger partial charge >= 0.3 is 6.18 Å². The van der Waals surface area contributed by atoms with Gasteiger partial charge in [0.2, 0.25) is 15.0 Å². The fraction of sp³-hybridized carbons (Fsp3) is 0.448. The van der Waals surface area contributed by atoms with Gasteiger partial charge in [0, 0.05) is 25.3 Å². The van der Waals surface area contributed by atoms with Crippen LogP contribution in [0.4, 0.5) is 13.2 Å². The van der Waals surface area contributed by atoms with E-state index in [9.17, 15) is 26.4 Å². The molecule has 216 valence electrons. The molecule has 4 rings (SSSR count). The number of benzene rings is 2. The Bertz CT molecular complexity index is 1430. The topological polar surface area (TPSA) is 81.5 Å². The summed E-state index contributed by atoms with van der Waals surface area (Å²) >= 11 is 0.